The van der Waals surface area contributed by atoms with E-state index in [4.69, 9.17) is 8.85 Å². The number of unbranched alkanes of at least 4 members (excludes halogenated alkanes) is 1. The molecule has 0 unspecified atom stereocenters. The van der Waals surface area contributed by atoms with Crippen molar-refractivity contribution in [2.75, 3.05) is 27.7 Å². The third-order valence-electron chi connectivity index (χ3n) is 2.25. The summed E-state index contributed by atoms with van der Waals surface area (Å²) < 4.78 is 26.8. The lowest BCUT2D eigenvalue weighted by atomic mass is 10.2. The van der Waals surface area contributed by atoms with Gasteiger partial charge in [-0.25, -0.2) is 0 Å². The van der Waals surface area contributed by atoms with Crippen molar-refractivity contribution in [1.29, 1.82) is 0 Å². The van der Waals surface area contributed by atoms with Gasteiger partial charge in [0.2, 0.25) is 0 Å². The van der Waals surface area contributed by atoms with E-state index in [2.05, 4.69) is 0 Å². The molecule has 6 heteroatoms. The zero-order chi connectivity index (χ0) is 16.7. The van der Waals surface area contributed by atoms with Crippen molar-refractivity contribution < 1.29 is 28.0 Å². The molecule has 114 valence electrons. The van der Waals surface area contributed by atoms with E-state index >= 15 is 0 Å². The van der Waals surface area contributed by atoms with Crippen LogP contribution in [-0.4, -0.2) is 50.2 Å². The third-order valence-corrected chi connectivity index (χ3v) is 2.25. The number of ether oxygens (including phenoxy) is 1. The zero-order valence-corrected chi connectivity index (χ0v) is 12.6. The number of carbonyl (C=O) groups excluding carboxylic acids is 2. The van der Waals surface area contributed by atoms with Crippen LogP contribution in [0.3, 0.4) is 0 Å². The first-order valence-electron chi connectivity index (χ1n) is 7.59. The third kappa shape index (κ3) is 13.4. The van der Waals surface area contributed by atoms with Crippen molar-refractivity contribution in [2.24, 2.45) is 0 Å². The average Bonchev–Trinajstić information content (AvgIpc) is 2.19. The number of likely N-dealkylation sites (N-methyl/N-ethyl adjacent to an activating group) is 1. The number of quaternary nitrogens is 1. The first-order chi connectivity index (χ1) is 9.39. The number of aliphatic carboxylic acids is 1. The molecule has 0 aromatic rings. The molecule has 0 saturated carbocycles. The van der Waals surface area contributed by atoms with Gasteiger partial charge in [-0.3, -0.25) is 4.79 Å². The van der Waals surface area contributed by atoms with Crippen LogP contribution in [0, 0.1) is 0 Å². The van der Waals surface area contributed by atoms with Crippen LogP contribution in [0.5, 0.6) is 0 Å². The maximum Gasteiger partial charge on any atom is 0.306 e. The largest absolute Gasteiger partial charge is 0.550 e. The maximum absolute atomic E-state index is 11.7. The maximum atomic E-state index is 11.7. The van der Waals surface area contributed by atoms with Gasteiger partial charge in [0.25, 0.3) is 0 Å². The average molecular weight is 299 g/mol. The summed E-state index contributed by atoms with van der Waals surface area (Å²) in [5.41, 5.74) is 0. The van der Waals surface area contributed by atoms with E-state index in [1.165, 1.54) is 0 Å². The van der Waals surface area contributed by atoms with Gasteiger partial charge >= 0.3 is 5.97 Å². The van der Waals surface area contributed by atoms with Gasteiger partial charge in [-0.05, 0) is 6.42 Å². The molecule has 0 N–H and O–H groups in total. The zero-order valence-electron chi connectivity index (χ0n) is 14.8. The van der Waals surface area contributed by atoms with Crippen LogP contribution in [0.15, 0.2) is 0 Å². The number of rotatable bonds is 9. The molecule has 0 fully saturated rings. The lowest BCUT2D eigenvalue weighted by Crippen LogP contribution is -2.45. The Morgan fingerprint density at radius 2 is 1.95 bits per heavy atom. The van der Waals surface area contributed by atoms with Gasteiger partial charge in [-0.1, -0.05) is 19.7 Å². The Kier molecular flexibility index (Phi) is 7.71. The summed E-state index contributed by atoms with van der Waals surface area (Å²) in [5, 5.41) is 10.7. The fourth-order valence-electron chi connectivity index (χ4n) is 1.58. The van der Waals surface area contributed by atoms with Crippen LogP contribution in [0.2, 0.25) is 0 Å². The van der Waals surface area contributed by atoms with Crippen LogP contribution in [0.25, 0.3) is 0 Å². The van der Waals surface area contributed by atoms with Gasteiger partial charge in [0.1, 0.15) is 6.54 Å². The highest BCUT2D eigenvalue weighted by Gasteiger charge is 2.22. The molecular formula is C13H26ClNO4. The Morgan fingerprint density at radius 1 is 1.32 bits per heavy atom. The molecule has 0 spiro atoms. The Balaban J connectivity index is 0. The first kappa shape index (κ1) is 14.6. The normalized spacial score (nSPS) is 15.4. The van der Waals surface area contributed by atoms with Crippen LogP contribution in [0.4, 0.5) is 0 Å². The van der Waals surface area contributed by atoms with E-state index in [0.717, 1.165) is 0 Å². The summed E-state index contributed by atoms with van der Waals surface area (Å²) in [7, 11) is 5.60. The SMILES string of the molecule is Cl.[2H]C([2H])([2H])CCCCC(=O)O[C@H](CC(=O)[O-])C[N+](C)(C)C. The number of hydrogen-bond donors (Lipinski definition) is 0. The molecule has 0 saturated heterocycles. The van der Waals surface area contributed by atoms with Crippen LogP contribution < -0.4 is 5.11 Å². The summed E-state index contributed by atoms with van der Waals surface area (Å²) in [6.45, 7) is -1.61. The summed E-state index contributed by atoms with van der Waals surface area (Å²) >= 11 is 0. The van der Waals surface area contributed by atoms with Crippen molar-refractivity contribution in [3.63, 3.8) is 0 Å². The van der Waals surface area contributed by atoms with Gasteiger partial charge in [0.15, 0.2) is 6.10 Å². The van der Waals surface area contributed by atoms with Gasteiger partial charge in [-0.2, -0.15) is 0 Å². The lowest BCUT2D eigenvalue weighted by molar-refractivity contribution is -0.873. The van der Waals surface area contributed by atoms with Crippen molar-refractivity contribution in [3.05, 3.63) is 0 Å². The van der Waals surface area contributed by atoms with Crippen LogP contribution in [-0.2, 0) is 14.3 Å². The molecule has 1 atom stereocenters. The second kappa shape index (κ2) is 10.0. The molecule has 0 aromatic carbocycles. The molecular weight excluding hydrogens is 270 g/mol. The molecule has 0 heterocycles. The molecule has 0 bridgehead atoms. The predicted octanol–water partition coefficient (Wildman–Crippen LogP) is 0.746. The van der Waals surface area contributed by atoms with E-state index in [0.29, 0.717) is 23.9 Å². The minimum atomic E-state index is -1.98. The molecule has 0 aliphatic heterocycles. The molecule has 0 radical (unpaired) electrons. The van der Waals surface area contributed by atoms with Crippen molar-refractivity contribution in [1.82, 2.24) is 0 Å². The highest BCUT2D eigenvalue weighted by Crippen LogP contribution is 2.08. The van der Waals surface area contributed by atoms with Gasteiger partial charge in [0.05, 0.1) is 21.1 Å². The summed E-state index contributed by atoms with van der Waals surface area (Å²) in [4.78, 5) is 22.3. The molecule has 0 aliphatic rings. The first-order valence-corrected chi connectivity index (χ1v) is 6.09. The molecule has 0 rings (SSSR count). The second-order valence-corrected chi connectivity index (χ2v) is 5.37. The van der Waals surface area contributed by atoms with Crippen molar-refractivity contribution in [3.8, 4) is 0 Å². The molecule has 19 heavy (non-hydrogen) atoms. The minimum absolute atomic E-state index is 0. The molecule has 0 aromatic heterocycles. The smallest absolute Gasteiger partial charge is 0.306 e. The number of carbonyl (C=O) groups is 2. The molecule has 0 aliphatic carbocycles. The van der Waals surface area contributed by atoms with Crippen molar-refractivity contribution in [2.45, 2.75) is 45.1 Å². The van der Waals surface area contributed by atoms with Gasteiger partial charge < -0.3 is 19.1 Å². The van der Waals surface area contributed by atoms with E-state index < -0.39 is 24.9 Å². The number of carboxylic acids is 1. The summed E-state index contributed by atoms with van der Waals surface area (Å²) in [6, 6.07) is 0. The number of carboxylic acid groups (broad SMARTS) is 1. The highest BCUT2D eigenvalue weighted by molar-refractivity contribution is 5.85. The summed E-state index contributed by atoms with van der Waals surface area (Å²) in [6.07, 6.45) is -0.0918. The number of halogens is 1. The van der Waals surface area contributed by atoms with Crippen LogP contribution >= 0.6 is 12.4 Å². The Morgan fingerprint density at radius 3 is 2.42 bits per heavy atom. The Labute approximate surface area is 126 Å². The monoisotopic (exact) mass is 298 g/mol. The molecule has 0 amide bonds. The van der Waals surface area contributed by atoms with Gasteiger partial charge in [-0.15, -0.1) is 12.4 Å². The second-order valence-electron chi connectivity index (χ2n) is 5.37. The summed E-state index contributed by atoms with van der Waals surface area (Å²) in [5.74, 6) is -1.76. The topological polar surface area (TPSA) is 66.4 Å². The molecule has 5 nitrogen and oxygen atoms in total. The van der Waals surface area contributed by atoms with E-state index in [-0.39, 0.29) is 31.7 Å². The van der Waals surface area contributed by atoms with E-state index in [1.54, 1.807) is 0 Å². The Hall–Kier alpha value is -0.810. The lowest BCUT2D eigenvalue weighted by Gasteiger charge is -2.29. The van der Waals surface area contributed by atoms with E-state index in [9.17, 15) is 14.7 Å². The van der Waals surface area contributed by atoms with Gasteiger partial charge in [0, 0.05) is 22.9 Å². The standard InChI is InChI=1S/C13H25NO4.ClH/c1-5-6-7-8-13(17)18-11(9-12(15)16)10-14(2,3)4;/h11H,5-10H2,1-4H3;1H/t11-;/m1./s1/i1D3;. The quantitative estimate of drug-likeness (QED) is 0.358. The number of nitrogens with zero attached hydrogens (tertiary/aromatic N) is 1. The van der Waals surface area contributed by atoms with E-state index in [1.807, 2.05) is 21.1 Å². The fraction of sp³-hybridized carbons (Fsp3) is 0.846. The van der Waals surface area contributed by atoms with Crippen LogP contribution in [0.1, 0.15) is 43.1 Å². The highest BCUT2D eigenvalue weighted by atomic mass is 35.5. The fourth-order valence-corrected chi connectivity index (χ4v) is 1.58. The Bertz CT molecular complexity index is 356. The number of hydrogen-bond acceptors (Lipinski definition) is 4. The van der Waals surface area contributed by atoms with Crippen molar-refractivity contribution >= 4 is 24.3 Å². The number of esters is 1. The minimum Gasteiger partial charge on any atom is -0.550 e. The predicted molar refractivity (Wildman–Crippen MR) is 73.8 cm³/mol.